The highest BCUT2D eigenvalue weighted by Crippen LogP contribution is 2.27. The Hall–Kier alpha value is -1.33. The highest BCUT2D eigenvalue weighted by atomic mass is 32.2. The molecule has 0 aliphatic carbocycles. The maximum absolute atomic E-state index is 5.94. The van der Waals surface area contributed by atoms with E-state index in [1.807, 2.05) is 24.3 Å². The number of hydrogen-bond acceptors (Lipinski definition) is 5. The first-order valence-electron chi connectivity index (χ1n) is 6.09. The molecule has 0 bridgehead atoms. The van der Waals surface area contributed by atoms with Crippen molar-refractivity contribution < 1.29 is 4.74 Å². The van der Waals surface area contributed by atoms with Gasteiger partial charge in [0.05, 0.1) is 17.1 Å². The number of rotatable bonds is 3. The SMILES string of the molecule is Nc1nc2ccccc2nc1SCC1CCCO1. The van der Waals surface area contributed by atoms with Crippen LogP contribution in [0.1, 0.15) is 12.8 Å². The van der Waals surface area contributed by atoms with E-state index in [9.17, 15) is 0 Å². The number of hydrogen-bond donors (Lipinski definition) is 1. The Balaban J connectivity index is 1.80. The molecule has 1 aliphatic heterocycles. The molecule has 0 saturated carbocycles. The molecule has 3 rings (SSSR count). The molecule has 4 nitrogen and oxygen atoms in total. The number of ether oxygens (including phenoxy) is 1. The number of anilines is 1. The normalized spacial score (nSPS) is 19.4. The minimum Gasteiger partial charge on any atom is -0.381 e. The second-order valence-electron chi connectivity index (χ2n) is 4.35. The Morgan fingerprint density at radius 1 is 1.28 bits per heavy atom. The molecule has 5 heteroatoms. The maximum atomic E-state index is 5.94. The van der Waals surface area contributed by atoms with Crippen LogP contribution in [0.25, 0.3) is 11.0 Å². The quantitative estimate of drug-likeness (QED) is 0.860. The van der Waals surface area contributed by atoms with E-state index < -0.39 is 0 Å². The van der Waals surface area contributed by atoms with Gasteiger partial charge in [0.2, 0.25) is 0 Å². The zero-order valence-electron chi connectivity index (χ0n) is 10.0. The molecule has 1 unspecified atom stereocenters. The summed E-state index contributed by atoms with van der Waals surface area (Å²) >= 11 is 1.64. The van der Waals surface area contributed by atoms with Gasteiger partial charge in [-0.25, -0.2) is 9.97 Å². The zero-order valence-corrected chi connectivity index (χ0v) is 10.8. The average Bonchev–Trinajstić information content (AvgIpc) is 2.89. The molecule has 1 atom stereocenters. The van der Waals surface area contributed by atoms with Crippen LogP contribution in [0.15, 0.2) is 29.3 Å². The van der Waals surface area contributed by atoms with Crippen LogP contribution in [-0.2, 0) is 4.74 Å². The molecule has 0 spiro atoms. The smallest absolute Gasteiger partial charge is 0.156 e. The van der Waals surface area contributed by atoms with Crippen molar-refractivity contribution in [3.63, 3.8) is 0 Å². The Morgan fingerprint density at radius 3 is 2.78 bits per heavy atom. The number of fused-ring (bicyclic) bond motifs is 1. The highest BCUT2D eigenvalue weighted by molar-refractivity contribution is 7.99. The number of aromatic nitrogens is 2. The van der Waals surface area contributed by atoms with Gasteiger partial charge in [-0.15, -0.1) is 0 Å². The van der Waals surface area contributed by atoms with Crippen LogP contribution in [0, 0.1) is 0 Å². The van der Waals surface area contributed by atoms with E-state index in [1.54, 1.807) is 11.8 Å². The predicted molar refractivity (Wildman–Crippen MR) is 73.6 cm³/mol. The molecule has 94 valence electrons. The van der Waals surface area contributed by atoms with Gasteiger partial charge >= 0.3 is 0 Å². The monoisotopic (exact) mass is 261 g/mol. The number of nitrogens with zero attached hydrogens (tertiary/aromatic N) is 2. The molecular formula is C13H15N3OS. The summed E-state index contributed by atoms with van der Waals surface area (Å²) in [5.41, 5.74) is 7.67. The first kappa shape index (κ1) is 11.7. The number of nitrogens with two attached hydrogens (primary N) is 1. The van der Waals surface area contributed by atoms with Crippen molar-refractivity contribution in [3.8, 4) is 0 Å². The molecule has 1 aliphatic rings. The number of nitrogen functional groups attached to an aromatic ring is 1. The van der Waals surface area contributed by atoms with E-state index in [4.69, 9.17) is 10.5 Å². The van der Waals surface area contributed by atoms with E-state index in [0.717, 1.165) is 41.3 Å². The average molecular weight is 261 g/mol. The largest absolute Gasteiger partial charge is 0.381 e. The van der Waals surface area contributed by atoms with Crippen molar-refractivity contribution in [3.05, 3.63) is 24.3 Å². The second-order valence-corrected chi connectivity index (χ2v) is 5.36. The van der Waals surface area contributed by atoms with Crippen LogP contribution < -0.4 is 5.73 Å². The van der Waals surface area contributed by atoms with E-state index in [0.29, 0.717) is 11.9 Å². The molecule has 2 aromatic rings. The molecular weight excluding hydrogens is 246 g/mol. The lowest BCUT2D eigenvalue weighted by molar-refractivity contribution is 0.129. The number of para-hydroxylation sites is 2. The van der Waals surface area contributed by atoms with Gasteiger partial charge in [0.25, 0.3) is 0 Å². The van der Waals surface area contributed by atoms with Crippen molar-refractivity contribution in [1.82, 2.24) is 9.97 Å². The van der Waals surface area contributed by atoms with E-state index in [1.165, 1.54) is 0 Å². The minimum absolute atomic E-state index is 0.336. The van der Waals surface area contributed by atoms with Crippen LogP contribution in [0.2, 0.25) is 0 Å². The molecule has 1 saturated heterocycles. The topological polar surface area (TPSA) is 61.0 Å². The first-order chi connectivity index (χ1) is 8.83. The summed E-state index contributed by atoms with van der Waals surface area (Å²) in [5, 5.41) is 0.809. The molecule has 2 N–H and O–H groups in total. The third kappa shape index (κ3) is 2.42. The summed E-state index contributed by atoms with van der Waals surface area (Å²) in [6.07, 6.45) is 2.63. The van der Waals surface area contributed by atoms with Crippen molar-refractivity contribution >= 4 is 28.6 Å². The highest BCUT2D eigenvalue weighted by Gasteiger charge is 2.17. The fourth-order valence-corrected chi connectivity index (χ4v) is 3.01. The Kier molecular flexibility index (Phi) is 3.34. The summed E-state index contributed by atoms with van der Waals surface area (Å²) in [7, 11) is 0. The van der Waals surface area contributed by atoms with Crippen LogP contribution in [0.4, 0.5) is 5.82 Å². The molecule has 1 aromatic heterocycles. The van der Waals surface area contributed by atoms with Gasteiger partial charge in [0.1, 0.15) is 5.03 Å². The van der Waals surface area contributed by atoms with Crippen LogP contribution in [-0.4, -0.2) is 28.4 Å². The summed E-state index contributed by atoms with van der Waals surface area (Å²) in [4.78, 5) is 8.93. The van der Waals surface area contributed by atoms with Crippen LogP contribution >= 0.6 is 11.8 Å². The van der Waals surface area contributed by atoms with Crippen molar-refractivity contribution in [2.75, 3.05) is 18.1 Å². The Morgan fingerprint density at radius 2 is 2.06 bits per heavy atom. The van der Waals surface area contributed by atoms with Gasteiger partial charge in [-0.05, 0) is 25.0 Å². The van der Waals surface area contributed by atoms with Gasteiger partial charge in [-0.2, -0.15) is 0 Å². The first-order valence-corrected chi connectivity index (χ1v) is 7.08. The van der Waals surface area contributed by atoms with E-state index in [-0.39, 0.29) is 0 Å². The Labute approximate surface area is 110 Å². The van der Waals surface area contributed by atoms with Gasteiger partial charge in [0, 0.05) is 12.4 Å². The van der Waals surface area contributed by atoms with Crippen molar-refractivity contribution in [2.24, 2.45) is 0 Å². The molecule has 18 heavy (non-hydrogen) atoms. The zero-order chi connectivity index (χ0) is 12.4. The second kappa shape index (κ2) is 5.12. The lowest BCUT2D eigenvalue weighted by Crippen LogP contribution is -2.08. The fourth-order valence-electron chi connectivity index (χ4n) is 2.05. The predicted octanol–water partition coefficient (Wildman–Crippen LogP) is 2.48. The number of benzene rings is 1. The molecule has 2 heterocycles. The standard InChI is InChI=1S/C13H15N3OS/c14-12-13(18-8-9-4-3-7-17-9)16-11-6-2-1-5-10(11)15-12/h1-2,5-6,9H,3-4,7-8H2,(H2,14,15). The van der Waals surface area contributed by atoms with Crippen molar-refractivity contribution in [1.29, 1.82) is 0 Å². The number of thioether (sulfide) groups is 1. The summed E-state index contributed by atoms with van der Waals surface area (Å²) in [6, 6.07) is 7.78. The van der Waals surface area contributed by atoms with Gasteiger partial charge in [0.15, 0.2) is 5.82 Å². The van der Waals surface area contributed by atoms with Gasteiger partial charge in [-0.3, -0.25) is 0 Å². The summed E-state index contributed by atoms with van der Waals surface area (Å²) in [6.45, 7) is 0.879. The van der Waals surface area contributed by atoms with Crippen LogP contribution in [0.5, 0.6) is 0 Å². The fraction of sp³-hybridized carbons (Fsp3) is 0.385. The molecule has 0 radical (unpaired) electrons. The van der Waals surface area contributed by atoms with E-state index in [2.05, 4.69) is 9.97 Å². The van der Waals surface area contributed by atoms with Crippen LogP contribution in [0.3, 0.4) is 0 Å². The van der Waals surface area contributed by atoms with E-state index >= 15 is 0 Å². The summed E-state index contributed by atoms with van der Waals surface area (Å²) < 4.78 is 5.59. The van der Waals surface area contributed by atoms with Gasteiger partial charge in [-0.1, -0.05) is 23.9 Å². The maximum Gasteiger partial charge on any atom is 0.156 e. The lowest BCUT2D eigenvalue weighted by atomic mass is 10.3. The Bertz CT molecular complexity index is 555. The minimum atomic E-state index is 0.336. The van der Waals surface area contributed by atoms with Gasteiger partial charge < -0.3 is 10.5 Å². The third-order valence-corrected chi connectivity index (χ3v) is 4.11. The third-order valence-electron chi connectivity index (χ3n) is 2.99. The molecule has 0 amide bonds. The molecule has 1 fully saturated rings. The lowest BCUT2D eigenvalue weighted by Gasteiger charge is -2.09. The summed E-state index contributed by atoms with van der Waals surface area (Å²) in [5.74, 6) is 1.41. The molecule has 1 aromatic carbocycles. The van der Waals surface area contributed by atoms with Crippen molar-refractivity contribution in [2.45, 2.75) is 24.0 Å².